The van der Waals surface area contributed by atoms with E-state index in [4.69, 9.17) is 0 Å². The molecular weight excluding hydrogens is 254 g/mol. The van der Waals surface area contributed by atoms with Gasteiger partial charge in [0.05, 0.1) is 0 Å². The first kappa shape index (κ1) is 13.1. The van der Waals surface area contributed by atoms with Crippen LogP contribution in [-0.2, 0) is 4.79 Å². The summed E-state index contributed by atoms with van der Waals surface area (Å²) < 4.78 is 0. The predicted molar refractivity (Wildman–Crippen MR) is 75.0 cm³/mol. The van der Waals surface area contributed by atoms with Gasteiger partial charge in [0.1, 0.15) is 5.54 Å². The van der Waals surface area contributed by atoms with E-state index in [1.54, 1.807) is 0 Å². The molecule has 0 bridgehead atoms. The Morgan fingerprint density at radius 2 is 1.95 bits per heavy atom. The van der Waals surface area contributed by atoms with Crippen LogP contribution in [0.1, 0.15) is 24.9 Å². The number of carbonyl (C=O) groups is 2. The van der Waals surface area contributed by atoms with E-state index >= 15 is 0 Å². The minimum Gasteiger partial charge on any atom is -0.323 e. The number of hydrogen-bond acceptors (Lipinski definition) is 3. The Labute approximate surface area is 118 Å². The molecule has 2 heterocycles. The van der Waals surface area contributed by atoms with Crippen LogP contribution in [-0.4, -0.2) is 36.0 Å². The number of rotatable bonds is 1. The minimum atomic E-state index is -0.774. The molecule has 0 aliphatic carbocycles. The highest BCUT2D eigenvalue weighted by molar-refractivity contribution is 6.07. The summed E-state index contributed by atoms with van der Waals surface area (Å²) in [6.45, 7) is 2.79. The Hall–Kier alpha value is -1.88. The van der Waals surface area contributed by atoms with Crippen molar-refractivity contribution in [2.45, 2.75) is 24.9 Å². The number of benzene rings is 1. The van der Waals surface area contributed by atoms with Gasteiger partial charge in [-0.15, -0.1) is 0 Å². The molecule has 1 aromatic carbocycles. The molecule has 0 saturated carbocycles. The van der Waals surface area contributed by atoms with Crippen LogP contribution in [0.15, 0.2) is 30.3 Å². The van der Waals surface area contributed by atoms with Crippen LogP contribution in [0.4, 0.5) is 4.79 Å². The Balaban J connectivity index is 1.95. The van der Waals surface area contributed by atoms with Crippen LogP contribution in [0.3, 0.4) is 0 Å². The van der Waals surface area contributed by atoms with Crippen molar-refractivity contribution in [3.8, 4) is 0 Å². The first-order chi connectivity index (χ1) is 9.53. The maximum Gasteiger partial charge on any atom is 0.322 e. The van der Waals surface area contributed by atoms with Crippen molar-refractivity contribution in [1.82, 2.24) is 15.5 Å². The summed E-state index contributed by atoms with van der Waals surface area (Å²) >= 11 is 0. The number of hydrogen-bond donors (Lipinski definition) is 2. The van der Waals surface area contributed by atoms with Gasteiger partial charge in [0.25, 0.3) is 5.91 Å². The monoisotopic (exact) mass is 273 g/mol. The number of nitrogens with one attached hydrogen (secondary N) is 2. The molecule has 1 aromatic rings. The van der Waals surface area contributed by atoms with Gasteiger partial charge in [0.2, 0.25) is 0 Å². The molecule has 1 spiro atoms. The minimum absolute atomic E-state index is 0.0823. The van der Waals surface area contributed by atoms with E-state index in [-0.39, 0.29) is 23.9 Å². The van der Waals surface area contributed by atoms with Gasteiger partial charge in [-0.1, -0.05) is 37.3 Å². The maximum atomic E-state index is 12.2. The molecule has 2 N–H and O–H groups in total. The Kier molecular flexibility index (Phi) is 3.01. The fourth-order valence-corrected chi connectivity index (χ4v) is 3.42. The van der Waals surface area contributed by atoms with Crippen LogP contribution in [0.2, 0.25) is 0 Å². The lowest BCUT2D eigenvalue weighted by Gasteiger charge is -2.46. The molecule has 0 radical (unpaired) electrons. The molecule has 5 heteroatoms. The third-order valence-corrected chi connectivity index (χ3v) is 4.60. The zero-order chi connectivity index (χ0) is 14.3. The predicted octanol–water partition coefficient (Wildman–Crippen LogP) is 1.28. The van der Waals surface area contributed by atoms with Gasteiger partial charge >= 0.3 is 6.03 Å². The zero-order valence-corrected chi connectivity index (χ0v) is 11.7. The molecule has 3 rings (SSSR count). The molecule has 2 aliphatic rings. The van der Waals surface area contributed by atoms with Crippen molar-refractivity contribution >= 4 is 11.9 Å². The lowest BCUT2D eigenvalue weighted by Crippen LogP contribution is -2.60. The SMILES string of the molecule is C[C@H]1CN(C)[C@H](c2ccccc2)C[C@]12NC(=O)NC2=O. The fraction of sp³-hybridized carbons (Fsp3) is 0.467. The van der Waals surface area contributed by atoms with E-state index in [1.807, 2.05) is 25.1 Å². The third-order valence-electron chi connectivity index (χ3n) is 4.60. The second-order valence-corrected chi connectivity index (χ2v) is 5.85. The maximum absolute atomic E-state index is 12.2. The number of piperidine rings is 1. The van der Waals surface area contributed by atoms with Crippen molar-refractivity contribution in [3.63, 3.8) is 0 Å². The summed E-state index contributed by atoms with van der Waals surface area (Å²) in [5.74, 6) is -0.108. The fourth-order valence-electron chi connectivity index (χ4n) is 3.42. The average Bonchev–Trinajstić information content (AvgIpc) is 2.71. The van der Waals surface area contributed by atoms with Gasteiger partial charge in [0.15, 0.2) is 0 Å². The lowest BCUT2D eigenvalue weighted by molar-refractivity contribution is -0.128. The van der Waals surface area contributed by atoms with Gasteiger partial charge in [-0.2, -0.15) is 0 Å². The smallest absolute Gasteiger partial charge is 0.322 e. The van der Waals surface area contributed by atoms with Crippen LogP contribution < -0.4 is 10.6 Å². The topological polar surface area (TPSA) is 61.4 Å². The van der Waals surface area contributed by atoms with Crippen LogP contribution in [0.25, 0.3) is 0 Å². The molecule has 5 nitrogen and oxygen atoms in total. The lowest BCUT2D eigenvalue weighted by atomic mass is 9.74. The van der Waals surface area contributed by atoms with Crippen LogP contribution >= 0.6 is 0 Å². The summed E-state index contributed by atoms with van der Waals surface area (Å²) in [7, 11) is 2.07. The number of imide groups is 1. The summed E-state index contributed by atoms with van der Waals surface area (Å²) in [4.78, 5) is 26.0. The molecule has 3 amide bonds. The van der Waals surface area contributed by atoms with Crippen molar-refractivity contribution in [2.24, 2.45) is 5.92 Å². The zero-order valence-electron chi connectivity index (χ0n) is 11.7. The van der Waals surface area contributed by atoms with Crippen LogP contribution in [0.5, 0.6) is 0 Å². The highest BCUT2D eigenvalue weighted by Crippen LogP contribution is 2.40. The van der Waals surface area contributed by atoms with Crippen molar-refractivity contribution in [3.05, 3.63) is 35.9 Å². The first-order valence-corrected chi connectivity index (χ1v) is 6.92. The molecule has 3 atom stereocenters. The standard InChI is InChI=1S/C15H19N3O2/c1-10-9-18(2)12(11-6-4-3-5-7-11)8-15(10)13(19)16-14(20)17-15/h3-7,10,12H,8-9H2,1-2H3,(H2,16,17,19,20)/t10-,12-,15-/m0/s1. The van der Waals surface area contributed by atoms with E-state index in [2.05, 4.69) is 34.7 Å². The van der Waals surface area contributed by atoms with E-state index < -0.39 is 5.54 Å². The number of likely N-dealkylation sites (tertiary alicyclic amines) is 1. The molecule has 0 unspecified atom stereocenters. The largest absolute Gasteiger partial charge is 0.323 e. The number of amides is 3. The van der Waals surface area contributed by atoms with Gasteiger partial charge in [-0.3, -0.25) is 15.0 Å². The van der Waals surface area contributed by atoms with E-state index in [0.29, 0.717) is 6.42 Å². The second-order valence-electron chi connectivity index (χ2n) is 5.85. The van der Waals surface area contributed by atoms with Crippen molar-refractivity contribution in [1.29, 1.82) is 0 Å². The molecule has 2 fully saturated rings. The van der Waals surface area contributed by atoms with E-state index in [1.165, 1.54) is 5.56 Å². The Morgan fingerprint density at radius 1 is 1.25 bits per heavy atom. The molecule has 20 heavy (non-hydrogen) atoms. The summed E-state index contributed by atoms with van der Waals surface area (Å²) in [6, 6.07) is 9.88. The highest BCUT2D eigenvalue weighted by Gasteiger charge is 2.54. The number of urea groups is 1. The van der Waals surface area contributed by atoms with Gasteiger partial charge < -0.3 is 5.32 Å². The Bertz CT molecular complexity index is 545. The van der Waals surface area contributed by atoms with Crippen molar-refractivity contribution in [2.75, 3.05) is 13.6 Å². The summed E-state index contributed by atoms with van der Waals surface area (Å²) in [5.41, 5.74) is 0.402. The number of nitrogens with zero attached hydrogens (tertiary/aromatic N) is 1. The molecule has 2 aliphatic heterocycles. The average molecular weight is 273 g/mol. The molecular formula is C15H19N3O2. The van der Waals surface area contributed by atoms with Gasteiger partial charge in [-0.05, 0) is 19.0 Å². The van der Waals surface area contributed by atoms with E-state index in [0.717, 1.165) is 6.54 Å². The van der Waals surface area contributed by atoms with Crippen molar-refractivity contribution < 1.29 is 9.59 Å². The van der Waals surface area contributed by atoms with E-state index in [9.17, 15) is 9.59 Å². The third kappa shape index (κ3) is 1.89. The molecule has 106 valence electrons. The van der Waals surface area contributed by atoms with Gasteiger partial charge in [-0.25, -0.2) is 4.79 Å². The number of carbonyl (C=O) groups excluding carboxylic acids is 2. The highest BCUT2D eigenvalue weighted by atomic mass is 16.2. The molecule has 2 saturated heterocycles. The Morgan fingerprint density at radius 3 is 2.55 bits per heavy atom. The quantitative estimate of drug-likeness (QED) is 0.758. The second kappa shape index (κ2) is 4.59. The first-order valence-electron chi connectivity index (χ1n) is 6.92. The molecule has 0 aromatic heterocycles. The normalized spacial score (nSPS) is 34.1. The summed E-state index contributed by atoms with van der Waals surface area (Å²) in [5, 5.41) is 5.25. The van der Waals surface area contributed by atoms with Crippen LogP contribution in [0, 0.1) is 5.92 Å². The summed E-state index contributed by atoms with van der Waals surface area (Å²) in [6.07, 6.45) is 0.603. The van der Waals surface area contributed by atoms with Gasteiger partial charge in [0, 0.05) is 18.5 Å².